The molecular weight excluding hydrogens is 415 g/mol. The first kappa shape index (κ1) is 20.9. The Labute approximate surface area is 177 Å². The number of likely N-dealkylation sites (tertiary alicyclic amines) is 1. The molecule has 10 heteroatoms. The molecular formula is C20H24F3N5OS. The number of benzene rings is 1. The number of ether oxygens (including phenoxy) is 1. The minimum atomic E-state index is -4.25. The van der Waals surface area contributed by atoms with Crippen LogP contribution in [0.3, 0.4) is 0 Å². The van der Waals surface area contributed by atoms with E-state index in [0.717, 1.165) is 36.9 Å². The standard InChI is InChI=1S/C20H24F3N5OS/c1-26(2)19-24-18(25-30-19)12-27-9-6-14(7-10-27)29-17-5-3-4-16-15(17)8-11-28(16)13-20(21,22)23/h3-5,8,11,14H,6-7,9-10,12-13H2,1-2H3. The summed E-state index contributed by atoms with van der Waals surface area (Å²) < 4.78 is 50.2. The van der Waals surface area contributed by atoms with Gasteiger partial charge in [-0.25, -0.2) is 4.98 Å². The molecule has 0 atom stereocenters. The zero-order valence-corrected chi connectivity index (χ0v) is 17.7. The maximum Gasteiger partial charge on any atom is 0.406 e. The minimum absolute atomic E-state index is 0.0403. The van der Waals surface area contributed by atoms with Crippen molar-refractivity contribution in [2.24, 2.45) is 0 Å². The lowest BCUT2D eigenvalue weighted by atomic mass is 10.1. The van der Waals surface area contributed by atoms with Crippen molar-refractivity contribution >= 4 is 27.6 Å². The van der Waals surface area contributed by atoms with Gasteiger partial charge in [-0.15, -0.1) is 0 Å². The van der Waals surface area contributed by atoms with Gasteiger partial charge in [-0.1, -0.05) is 6.07 Å². The zero-order valence-electron chi connectivity index (χ0n) is 16.9. The van der Waals surface area contributed by atoms with Crippen molar-refractivity contribution in [3.8, 4) is 5.75 Å². The highest BCUT2D eigenvalue weighted by Gasteiger charge is 2.29. The van der Waals surface area contributed by atoms with Gasteiger partial charge in [-0.2, -0.15) is 17.5 Å². The molecule has 1 aliphatic heterocycles. The Hall–Kier alpha value is -2.33. The van der Waals surface area contributed by atoms with Crippen molar-refractivity contribution in [1.29, 1.82) is 0 Å². The number of hydrogen-bond acceptors (Lipinski definition) is 6. The van der Waals surface area contributed by atoms with Gasteiger partial charge in [0.05, 0.1) is 12.1 Å². The van der Waals surface area contributed by atoms with Crippen LogP contribution in [0.25, 0.3) is 10.9 Å². The number of nitrogens with zero attached hydrogens (tertiary/aromatic N) is 5. The normalized spacial score (nSPS) is 16.3. The van der Waals surface area contributed by atoms with Gasteiger partial charge >= 0.3 is 6.18 Å². The molecule has 0 unspecified atom stereocenters. The summed E-state index contributed by atoms with van der Waals surface area (Å²) in [5.74, 6) is 1.47. The molecule has 1 aliphatic rings. The van der Waals surface area contributed by atoms with Crippen LogP contribution < -0.4 is 9.64 Å². The first-order valence-corrected chi connectivity index (χ1v) is 10.6. The number of anilines is 1. The van der Waals surface area contributed by atoms with Gasteiger partial charge in [-0.3, -0.25) is 4.90 Å². The molecule has 30 heavy (non-hydrogen) atoms. The molecule has 1 saturated heterocycles. The van der Waals surface area contributed by atoms with E-state index in [1.807, 2.05) is 25.1 Å². The van der Waals surface area contributed by atoms with Crippen molar-refractivity contribution in [3.05, 3.63) is 36.3 Å². The van der Waals surface area contributed by atoms with E-state index in [9.17, 15) is 13.2 Å². The highest BCUT2D eigenvalue weighted by atomic mass is 32.1. The molecule has 0 amide bonds. The lowest BCUT2D eigenvalue weighted by molar-refractivity contribution is -0.139. The Balaban J connectivity index is 1.36. The van der Waals surface area contributed by atoms with Crippen molar-refractivity contribution in [3.63, 3.8) is 0 Å². The summed E-state index contributed by atoms with van der Waals surface area (Å²) in [5.41, 5.74) is 0.536. The Morgan fingerprint density at radius 2 is 1.97 bits per heavy atom. The molecule has 1 aromatic carbocycles. The van der Waals surface area contributed by atoms with E-state index in [4.69, 9.17) is 4.74 Å². The number of rotatable bonds is 6. The topological polar surface area (TPSA) is 46.4 Å². The van der Waals surface area contributed by atoms with Crippen LogP contribution in [0.4, 0.5) is 18.3 Å². The molecule has 0 bridgehead atoms. The van der Waals surface area contributed by atoms with E-state index < -0.39 is 12.7 Å². The third kappa shape index (κ3) is 4.86. The van der Waals surface area contributed by atoms with E-state index >= 15 is 0 Å². The summed E-state index contributed by atoms with van der Waals surface area (Å²) in [6, 6.07) is 6.96. The first-order valence-electron chi connectivity index (χ1n) is 9.82. The molecule has 4 rings (SSSR count). The summed E-state index contributed by atoms with van der Waals surface area (Å²) in [6.45, 7) is 1.45. The summed E-state index contributed by atoms with van der Waals surface area (Å²) in [6.07, 6.45) is -1.04. The largest absolute Gasteiger partial charge is 0.490 e. The van der Waals surface area contributed by atoms with Crippen molar-refractivity contribution in [1.82, 2.24) is 18.8 Å². The number of alkyl halides is 3. The van der Waals surface area contributed by atoms with Crippen molar-refractivity contribution < 1.29 is 17.9 Å². The summed E-state index contributed by atoms with van der Waals surface area (Å²) in [5, 5.41) is 1.61. The zero-order chi connectivity index (χ0) is 21.3. The molecule has 6 nitrogen and oxygen atoms in total. The second-order valence-corrected chi connectivity index (χ2v) is 8.46. The summed E-state index contributed by atoms with van der Waals surface area (Å²) in [4.78, 5) is 8.79. The van der Waals surface area contributed by atoms with Gasteiger partial charge < -0.3 is 14.2 Å². The Kier molecular flexibility index (Phi) is 5.88. The molecule has 0 N–H and O–H groups in total. The average molecular weight is 440 g/mol. The van der Waals surface area contributed by atoms with Gasteiger partial charge in [0.15, 0.2) is 5.82 Å². The molecule has 0 saturated carbocycles. The Bertz CT molecular complexity index is 992. The molecule has 0 radical (unpaired) electrons. The summed E-state index contributed by atoms with van der Waals surface area (Å²) in [7, 11) is 3.90. The third-order valence-electron chi connectivity index (χ3n) is 5.16. The summed E-state index contributed by atoms with van der Waals surface area (Å²) >= 11 is 1.40. The fraction of sp³-hybridized carbons (Fsp3) is 0.500. The SMILES string of the molecule is CN(C)c1nc(CN2CCC(Oc3cccc4c3ccn4CC(F)(F)F)CC2)ns1. The molecule has 0 spiro atoms. The molecule has 3 heterocycles. The van der Waals surface area contributed by atoms with Crippen LogP contribution in [0, 0.1) is 0 Å². The van der Waals surface area contributed by atoms with Crippen molar-refractivity contribution in [2.45, 2.75) is 38.2 Å². The number of aromatic nitrogens is 3. The van der Waals surface area contributed by atoms with Crippen LogP contribution in [-0.2, 0) is 13.1 Å². The lowest BCUT2D eigenvalue weighted by Gasteiger charge is -2.31. The highest BCUT2D eigenvalue weighted by molar-refractivity contribution is 7.09. The van der Waals surface area contributed by atoms with E-state index in [-0.39, 0.29) is 6.10 Å². The molecule has 0 aliphatic carbocycles. The minimum Gasteiger partial charge on any atom is -0.490 e. The predicted molar refractivity (Wildman–Crippen MR) is 111 cm³/mol. The third-order valence-corrected chi connectivity index (χ3v) is 6.08. The molecule has 162 valence electrons. The van der Waals surface area contributed by atoms with Crippen LogP contribution in [0.15, 0.2) is 30.5 Å². The Morgan fingerprint density at radius 3 is 2.63 bits per heavy atom. The van der Waals surface area contributed by atoms with Gasteiger partial charge in [0, 0.05) is 50.3 Å². The smallest absolute Gasteiger partial charge is 0.406 e. The van der Waals surface area contributed by atoms with E-state index in [0.29, 0.717) is 23.2 Å². The van der Waals surface area contributed by atoms with Gasteiger partial charge in [0.1, 0.15) is 18.4 Å². The monoisotopic (exact) mass is 439 g/mol. The van der Waals surface area contributed by atoms with Crippen LogP contribution >= 0.6 is 11.5 Å². The molecule has 2 aromatic heterocycles. The van der Waals surface area contributed by atoms with E-state index in [1.54, 1.807) is 18.2 Å². The van der Waals surface area contributed by atoms with Gasteiger partial charge in [0.25, 0.3) is 0 Å². The van der Waals surface area contributed by atoms with Gasteiger partial charge in [-0.05, 0) is 31.0 Å². The first-order chi connectivity index (χ1) is 14.3. The number of hydrogen-bond donors (Lipinski definition) is 0. The fourth-order valence-corrected chi connectivity index (χ4v) is 4.28. The number of fused-ring (bicyclic) bond motifs is 1. The quantitative estimate of drug-likeness (QED) is 0.577. The van der Waals surface area contributed by atoms with Crippen LogP contribution in [-0.4, -0.2) is 58.3 Å². The number of piperidine rings is 1. The second-order valence-electron chi connectivity index (χ2n) is 7.73. The Morgan fingerprint density at radius 1 is 1.20 bits per heavy atom. The molecule has 1 fully saturated rings. The molecule has 3 aromatic rings. The van der Waals surface area contributed by atoms with Crippen LogP contribution in [0.5, 0.6) is 5.75 Å². The van der Waals surface area contributed by atoms with Crippen molar-refractivity contribution in [2.75, 3.05) is 32.1 Å². The van der Waals surface area contributed by atoms with E-state index in [1.165, 1.54) is 22.3 Å². The van der Waals surface area contributed by atoms with Crippen LogP contribution in [0.1, 0.15) is 18.7 Å². The fourth-order valence-electron chi connectivity index (χ4n) is 3.68. The van der Waals surface area contributed by atoms with Gasteiger partial charge in [0.2, 0.25) is 5.13 Å². The van der Waals surface area contributed by atoms with E-state index in [2.05, 4.69) is 14.3 Å². The second kappa shape index (κ2) is 8.43. The number of halogens is 3. The predicted octanol–water partition coefficient (Wildman–Crippen LogP) is 4.16. The average Bonchev–Trinajstić information content (AvgIpc) is 3.30. The van der Waals surface area contributed by atoms with Crippen LogP contribution in [0.2, 0.25) is 0 Å². The lowest BCUT2D eigenvalue weighted by Crippen LogP contribution is -2.38. The highest BCUT2D eigenvalue weighted by Crippen LogP contribution is 2.31. The maximum absolute atomic E-state index is 12.8. The maximum atomic E-state index is 12.8.